The van der Waals surface area contributed by atoms with E-state index >= 15 is 0 Å². The van der Waals surface area contributed by atoms with Gasteiger partial charge in [0.05, 0.1) is 30.2 Å². The first kappa shape index (κ1) is 25.0. The summed E-state index contributed by atoms with van der Waals surface area (Å²) >= 11 is 0. The molecule has 9 nitrogen and oxygen atoms in total. The zero-order chi connectivity index (χ0) is 25.9. The van der Waals surface area contributed by atoms with E-state index < -0.39 is 23.8 Å². The Kier molecular flexibility index (Phi) is 7.15. The monoisotopic (exact) mass is 500 g/mol. The van der Waals surface area contributed by atoms with Gasteiger partial charge in [-0.3, -0.25) is 4.79 Å². The van der Waals surface area contributed by atoms with Gasteiger partial charge in [0.2, 0.25) is 12.0 Å². The molecule has 12 heteroatoms. The van der Waals surface area contributed by atoms with Crippen molar-refractivity contribution in [2.24, 2.45) is 0 Å². The molecule has 0 saturated heterocycles. The number of anilines is 1. The molecule has 36 heavy (non-hydrogen) atoms. The second-order valence-corrected chi connectivity index (χ2v) is 8.19. The van der Waals surface area contributed by atoms with Crippen molar-refractivity contribution in [3.8, 4) is 11.6 Å². The fraction of sp³-hybridized carbons (Fsp3) is 0.292. The average molecular weight is 500 g/mol. The SMILES string of the molecule is Cc1ccc(NC(=O)C(COC(C)C)Oc2ncnc3c2cnn3-c2ccccc2C(F)(F)F)nc1. The van der Waals surface area contributed by atoms with Crippen LogP contribution in [0.1, 0.15) is 25.0 Å². The molecule has 3 aromatic heterocycles. The number of amides is 1. The third-order valence-corrected chi connectivity index (χ3v) is 5.06. The van der Waals surface area contributed by atoms with Gasteiger partial charge in [-0.1, -0.05) is 18.2 Å². The van der Waals surface area contributed by atoms with Gasteiger partial charge in [-0.05, 0) is 44.5 Å². The summed E-state index contributed by atoms with van der Waals surface area (Å²) < 4.78 is 53.3. The summed E-state index contributed by atoms with van der Waals surface area (Å²) in [4.78, 5) is 25.3. The normalized spacial score (nSPS) is 12.6. The molecule has 3 heterocycles. The standard InChI is InChI=1S/C24H23F3N6O3/c1-14(2)35-12-19(22(34)32-20-9-8-15(3)10-28-20)36-23-16-11-31-33(21(16)29-13-30-23)18-7-5-4-6-17(18)24(25,26)27/h4-11,13-14,19H,12H2,1-3H3,(H,28,32,34). The number of ether oxygens (including phenoxy) is 2. The first-order valence-corrected chi connectivity index (χ1v) is 11.0. The van der Waals surface area contributed by atoms with Crippen LogP contribution in [0.25, 0.3) is 16.7 Å². The number of carbonyl (C=O) groups excluding carboxylic acids is 1. The van der Waals surface area contributed by atoms with E-state index in [4.69, 9.17) is 9.47 Å². The fourth-order valence-corrected chi connectivity index (χ4v) is 3.32. The van der Waals surface area contributed by atoms with Crippen LogP contribution in [0, 0.1) is 6.92 Å². The summed E-state index contributed by atoms with van der Waals surface area (Å²) in [7, 11) is 0. The van der Waals surface area contributed by atoms with Crippen LogP contribution in [0.2, 0.25) is 0 Å². The van der Waals surface area contributed by atoms with Crippen molar-refractivity contribution in [2.45, 2.75) is 39.2 Å². The third-order valence-electron chi connectivity index (χ3n) is 5.06. The molecule has 0 spiro atoms. The summed E-state index contributed by atoms with van der Waals surface area (Å²) in [6.45, 7) is 5.38. The average Bonchev–Trinajstić information content (AvgIpc) is 3.27. The van der Waals surface area contributed by atoms with Gasteiger partial charge in [0.25, 0.3) is 5.91 Å². The molecular weight excluding hydrogens is 477 g/mol. The third kappa shape index (κ3) is 5.60. The number of fused-ring (bicyclic) bond motifs is 1. The largest absolute Gasteiger partial charge is 0.461 e. The Balaban J connectivity index is 1.66. The minimum absolute atomic E-state index is 0.0277. The summed E-state index contributed by atoms with van der Waals surface area (Å²) in [6.07, 6.45) is -1.89. The lowest BCUT2D eigenvalue weighted by Gasteiger charge is -2.19. The van der Waals surface area contributed by atoms with E-state index in [1.54, 1.807) is 18.3 Å². The van der Waals surface area contributed by atoms with Gasteiger partial charge in [0, 0.05) is 6.20 Å². The number of pyridine rings is 1. The second-order valence-electron chi connectivity index (χ2n) is 8.19. The van der Waals surface area contributed by atoms with E-state index in [-0.39, 0.29) is 35.3 Å². The Morgan fingerprint density at radius 2 is 1.86 bits per heavy atom. The molecule has 1 amide bonds. The molecule has 0 aliphatic carbocycles. The van der Waals surface area contributed by atoms with Gasteiger partial charge in [0.1, 0.15) is 17.5 Å². The Morgan fingerprint density at radius 3 is 2.56 bits per heavy atom. The van der Waals surface area contributed by atoms with E-state index in [1.165, 1.54) is 24.4 Å². The lowest BCUT2D eigenvalue weighted by molar-refractivity contribution is -0.137. The van der Waals surface area contributed by atoms with E-state index in [2.05, 4.69) is 25.4 Å². The van der Waals surface area contributed by atoms with E-state index in [1.807, 2.05) is 20.8 Å². The summed E-state index contributed by atoms with van der Waals surface area (Å²) in [6, 6.07) is 8.47. The van der Waals surface area contributed by atoms with Gasteiger partial charge in [-0.2, -0.15) is 18.3 Å². The highest BCUT2D eigenvalue weighted by atomic mass is 19.4. The number of benzene rings is 1. The number of nitrogens with one attached hydrogen (secondary N) is 1. The molecule has 0 radical (unpaired) electrons. The number of alkyl halides is 3. The lowest BCUT2D eigenvalue weighted by Crippen LogP contribution is -2.38. The van der Waals surface area contributed by atoms with Gasteiger partial charge >= 0.3 is 6.18 Å². The van der Waals surface area contributed by atoms with Crippen LogP contribution in [0.4, 0.5) is 19.0 Å². The Hall–Kier alpha value is -4.06. The highest BCUT2D eigenvalue weighted by Gasteiger charge is 2.34. The molecule has 0 bridgehead atoms. The minimum Gasteiger partial charge on any atom is -0.461 e. The Bertz CT molecular complexity index is 1360. The molecular formula is C24H23F3N6O3. The van der Waals surface area contributed by atoms with Crippen LogP contribution in [0.3, 0.4) is 0 Å². The van der Waals surface area contributed by atoms with Crippen molar-refractivity contribution >= 4 is 22.8 Å². The van der Waals surface area contributed by atoms with E-state index in [0.29, 0.717) is 5.82 Å². The predicted octanol–water partition coefficient (Wildman–Crippen LogP) is 4.35. The minimum atomic E-state index is -4.59. The molecule has 188 valence electrons. The summed E-state index contributed by atoms with van der Waals surface area (Å²) in [5.41, 5.74) is -0.0611. The van der Waals surface area contributed by atoms with Crippen LogP contribution < -0.4 is 10.1 Å². The number of hydrogen-bond donors (Lipinski definition) is 1. The fourth-order valence-electron chi connectivity index (χ4n) is 3.32. The number of para-hydroxylation sites is 1. The van der Waals surface area contributed by atoms with Crippen LogP contribution in [-0.2, 0) is 15.7 Å². The first-order chi connectivity index (χ1) is 17.1. The maximum atomic E-state index is 13.6. The number of carbonyl (C=O) groups is 1. The molecule has 1 atom stereocenters. The molecule has 4 rings (SSSR count). The number of rotatable bonds is 8. The van der Waals surface area contributed by atoms with Gasteiger partial charge in [0.15, 0.2) is 5.65 Å². The second kappa shape index (κ2) is 10.3. The highest BCUT2D eigenvalue weighted by molar-refractivity contribution is 5.94. The van der Waals surface area contributed by atoms with Gasteiger partial charge in [-0.15, -0.1) is 0 Å². The number of aromatic nitrogens is 5. The van der Waals surface area contributed by atoms with E-state index in [0.717, 1.165) is 22.6 Å². The van der Waals surface area contributed by atoms with Gasteiger partial charge < -0.3 is 14.8 Å². The molecule has 0 aliphatic rings. The zero-order valence-corrected chi connectivity index (χ0v) is 19.7. The molecule has 1 unspecified atom stereocenters. The van der Waals surface area contributed by atoms with Crippen molar-refractivity contribution in [1.82, 2.24) is 24.7 Å². The molecule has 0 aliphatic heterocycles. The predicted molar refractivity (Wildman–Crippen MR) is 125 cm³/mol. The van der Waals surface area contributed by atoms with Gasteiger partial charge in [-0.25, -0.2) is 19.6 Å². The molecule has 4 aromatic rings. The summed E-state index contributed by atoms with van der Waals surface area (Å²) in [5.74, 6) is -0.234. The number of nitrogens with zero attached hydrogens (tertiary/aromatic N) is 5. The molecule has 0 fully saturated rings. The smallest absolute Gasteiger partial charge is 0.418 e. The highest BCUT2D eigenvalue weighted by Crippen LogP contribution is 2.35. The van der Waals surface area contributed by atoms with Crippen molar-refractivity contribution in [1.29, 1.82) is 0 Å². The zero-order valence-electron chi connectivity index (χ0n) is 19.7. The van der Waals surface area contributed by atoms with Crippen molar-refractivity contribution in [3.05, 3.63) is 66.2 Å². The van der Waals surface area contributed by atoms with Crippen molar-refractivity contribution in [3.63, 3.8) is 0 Å². The maximum absolute atomic E-state index is 13.6. The van der Waals surface area contributed by atoms with Crippen LogP contribution in [-0.4, -0.2) is 49.5 Å². The number of hydrogen-bond acceptors (Lipinski definition) is 7. The number of aryl methyl sites for hydroxylation is 1. The Labute approximate surface area is 204 Å². The molecule has 0 saturated carbocycles. The lowest BCUT2D eigenvalue weighted by atomic mass is 10.1. The first-order valence-electron chi connectivity index (χ1n) is 11.0. The summed E-state index contributed by atoms with van der Waals surface area (Å²) in [5, 5.41) is 6.99. The van der Waals surface area contributed by atoms with Crippen LogP contribution in [0.15, 0.2) is 55.1 Å². The topological polar surface area (TPSA) is 104 Å². The quantitative estimate of drug-likeness (QED) is 0.384. The van der Waals surface area contributed by atoms with Crippen molar-refractivity contribution < 1.29 is 27.4 Å². The molecule has 1 N–H and O–H groups in total. The maximum Gasteiger partial charge on any atom is 0.418 e. The van der Waals surface area contributed by atoms with Crippen molar-refractivity contribution in [2.75, 3.05) is 11.9 Å². The Morgan fingerprint density at radius 1 is 1.08 bits per heavy atom. The van der Waals surface area contributed by atoms with Crippen LogP contribution in [0.5, 0.6) is 5.88 Å². The molecule has 1 aromatic carbocycles. The van der Waals surface area contributed by atoms with Crippen LogP contribution >= 0.6 is 0 Å². The number of halogens is 3. The van der Waals surface area contributed by atoms with E-state index in [9.17, 15) is 18.0 Å².